The van der Waals surface area contributed by atoms with E-state index in [2.05, 4.69) is 10.3 Å². The summed E-state index contributed by atoms with van der Waals surface area (Å²) in [5.74, 6) is 0.0657. The summed E-state index contributed by atoms with van der Waals surface area (Å²) in [7, 11) is 0. The SMILES string of the molecule is O=C1CCC(n2ccn3cncc3c2=O)CCN1. The third-order valence-electron chi connectivity index (χ3n) is 3.41. The molecule has 1 N–H and O–H groups in total. The van der Waals surface area contributed by atoms with E-state index >= 15 is 0 Å². The van der Waals surface area contributed by atoms with Gasteiger partial charge in [-0.05, 0) is 12.8 Å². The average molecular weight is 246 g/mol. The number of hydrogen-bond acceptors (Lipinski definition) is 3. The highest BCUT2D eigenvalue weighted by atomic mass is 16.1. The maximum absolute atomic E-state index is 12.3. The number of rotatable bonds is 1. The van der Waals surface area contributed by atoms with Gasteiger partial charge in [0.1, 0.15) is 5.52 Å². The highest BCUT2D eigenvalue weighted by Gasteiger charge is 2.19. The Bertz CT molecular complexity index is 643. The van der Waals surface area contributed by atoms with Crippen molar-refractivity contribution in [1.29, 1.82) is 0 Å². The molecule has 1 unspecified atom stereocenters. The predicted octanol–water partition coefficient (Wildman–Crippen LogP) is 0.337. The highest BCUT2D eigenvalue weighted by Crippen LogP contribution is 2.18. The molecule has 94 valence electrons. The fraction of sp³-hybridized carbons (Fsp3) is 0.417. The molecule has 0 bridgehead atoms. The minimum absolute atomic E-state index is 0.0469. The maximum Gasteiger partial charge on any atom is 0.276 e. The number of nitrogens with one attached hydrogen (secondary N) is 1. The van der Waals surface area contributed by atoms with Gasteiger partial charge < -0.3 is 14.3 Å². The van der Waals surface area contributed by atoms with Crippen LogP contribution >= 0.6 is 0 Å². The molecular formula is C12H14N4O2. The summed E-state index contributed by atoms with van der Waals surface area (Å²) in [5, 5.41) is 2.82. The molecule has 2 aromatic heterocycles. The summed E-state index contributed by atoms with van der Waals surface area (Å²) >= 11 is 0. The fourth-order valence-electron chi connectivity index (χ4n) is 2.41. The van der Waals surface area contributed by atoms with Gasteiger partial charge in [0.25, 0.3) is 5.56 Å². The highest BCUT2D eigenvalue weighted by molar-refractivity contribution is 5.76. The van der Waals surface area contributed by atoms with E-state index < -0.39 is 0 Å². The first-order valence-corrected chi connectivity index (χ1v) is 6.05. The number of hydrogen-bond donors (Lipinski definition) is 1. The smallest absolute Gasteiger partial charge is 0.276 e. The van der Waals surface area contributed by atoms with Crippen LogP contribution in [0.25, 0.3) is 5.52 Å². The fourth-order valence-corrected chi connectivity index (χ4v) is 2.41. The first kappa shape index (κ1) is 11.0. The van der Waals surface area contributed by atoms with E-state index in [9.17, 15) is 9.59 Å². The minimum Gasteiger partial charge on any atom is -0.356 e. The Morgan fingerprint density at radius 2 is 2.17 bits per heavy atom. The van der Waals surface area contributed by atoms with E-state index in [1.54, 1.807) is 27.7 Å². The van der Waals surface area contributed by atoms with Gasteiger partial charge >= 0.3 is 0 Å². The molecule has 0 aromatic carbocycles. The van der Waals surface area contributed by atoms with E-state index in [4.69, 9.17) is 0 Å². The molecule has 1 saturated heterocycles. The molecule has 6 nitrogen and oxygen atoms in total. The lowest BCUT2D eigenvalue weighted by molar-refractivity contribution is -0.120. The lowest BCUT2D eigenvalue weighted by Gasteiger charge is -2.16. The predicted molar refractivity (Wildman–Crippen MR) is 65.3 cm³/mol. The van der Waals surface area contributed by atoms with Gasteiger partial charge in [0.15, 0.2) is 0 Å². The second kappa shape index (κ2) is 4.29. The van der Waals surface area contributed by atoms with E-state index in [-0.39, 0.29) is 17.5 Å². The van der Waals surface area contributed by atoms with E-state index in [1.165, 1.54) is 0 Å². The standard InChI is InChI=1S/C12H14N4O2/c17-11-2-1-9(3-4-14-11)16-6-5-15-8-13-7-10(15)12(16)18/h5-9H,1-4H2,(H,14,17). The lowest BCUT2D eigenvalue weighted by Crippen LogP contribution is -2.26. The molecule has 3 rings (SSSR count). The summed E-state index contributed by atoms with van der Waals surface area (Å²) < 4.78 is 3.43. The van der Waals surface area contributed by atoms with Crippen LogP contribution in [0.4, 0.5) is 0 Å². The molecule has 0 spiro atoms. The number of imidazole rings is 1. The van der Waals surface area contributed by atoms with Gasteiger partial charge in [0.2, 0.25) is 5.91 Å². The Labute approximate surface area is 103 Å². The summed E-state index contributed by atoms with van der Waals surface area (Å²) in [6, 6.07) is 0.0800. The first-order valence-electron chi connectivity index (χ1n) is 6.05. The number of aromatic nitrogens is 3. The van der Waals surface area contributed by atoms with Gasteiger partial charge in [-0.2, -0.15) is 0 Å². The Kier molecular flexibility index (Phi) is 2.62. The average Bonchev–Trinajstić information content (AvgIpc) is 2.74. The summed E-state index contributed by atoms with van der Waals surface area (Å²) in [4.78, 5) is 27.5. The van der Waals surface area contributed by atoms with Crippen LogP contribution in [0, 0.1) is 0 Å². The van der Waals surface area contributed by atoms with Crippen molar-refractivity contribution in [1.82, 2.24) is 19.3 Å². The molecule has 6 heteroatoms. The molecule has 1 atom stereocenters. The van der Waals surface area contributed by atoms with Crippen molar-refractivity contribution in [2.24, 2.45) is 0 Å². The molecule has 2 aromatic rings. The van der Waals surface area contributed by atoms with E-state index in [1.807, 2.05) is 6.20 Å². The molecule has 1 aliphatic heterocycles. The largest absolute Gasteiger partial charge is 0.356 e. The van der Waals surface area contributed by atoms with Crippen molar-refractivity contribution in [2.75, 3.05) is 6.54 Å². The Morgan fingerprint density at radius 1 is 1.28 bits per heavy atom. The third-order valence-corrected chi connectivity index (χ3v) is 3.41. The molecule has 3 heterocycles. The zero-order valence-electron chi connectivity index (χ0n) is 9.87. The van der Waals surface area contributed by atoms with Crippen LogP contribution in [0.1, 0.15) is 25.3 Å². The lowest BCUT2D eigenvalue weighted by atomic mass is 10.1. The zero-order valence-corrected chi connectivity index (χ0v) is 9.87. The van der Waals surface area contributed by atoms with Crippen molar-refractivity contribution in [3.8, 4) is 0 Å². The second-order valence-corrected chi connectivity index (χ2v) is 4.53. The van der Waals surface area contributed by atoms with E-state index in [0.717, 1.165) is 6.42 Å². The van der Waals surface area contributed by atoms with Crippen molar-refractivity contribution < 1.29 is 4.79 Å². The second-order valence-electron chi connectivity index (χ2n) is 4.53. The van der Waals surface area contributed by atoms with Gasteiger partial charge in [0.05, 0.1) is 12.5 Å². The van der Waals surface area contributed by atoms with Crippen molar-refractivity contribution in [3.05, 3.63) is 35.3 Å². The molecule has 0 saturated carbocycles. The molecule has 18 heavy (non-hydrogen) atoms. The first-order chi connectivity index (χ1) is 8.75. The number of fused-ring (bicyclic) bond motifs is 1. The van der Waals surface area contributed by atoms with Crippen LogP contribution in [0.3, 0.4) is 0 Å². The molecule has 0 aliphatic carbocycles. The number of carbonyl (C=O) groups is 1. The molecule has 1 amide bonds. The van der Waals surface area contributed by atoms with Gasteiger partial charge in [-0.15, -0.1) is 0 Å². The van der Waals surface area contributed by atoms with Gasteiger partial charge in [-0.1, -0.05) is 0 Å². The number of nitrogens with zero attached hydrogens (tertiary/aromatic N) is 3. The van der Waals surface area contributed by atoms with Crippen molar-refractivity contribution >= 4 is 11.4 Å². The zero-order chi connectivity index (χ0) is 12.5. The van der Waals surface area contributed by atoms with Crippen LogP contribution in [0.2, 0.25) is 0 Å². The topological polar surface area (TPSA) is 68.4 Å². The molecule has 0 radical (unpaired) electrons. The summed E-state index contributed by atoms with van der Waals surface area (Å²) in [5.41, 5.74) is 0.524. The van der Waals surface area contributed by atoms with Crippen LogP contribution < -0.4 is 10.9 Å². The van der Waals surface area contributed by atoms with Crippen LogP contribution in [-0.4, -0.2) is 26.4 Å². The van der Waals surface area contributed by atoms with E-state index in [0.29, 0.717) is 24.9 Å². The monoisotopic (exact) mass is 246 g/mol. The quantitative estimate of drug-likeness (QED) is 0.788. The van der Waals surface area contributed by atoms with Crippen LogP contribution in [0.15, 0.2) is 29.7 Å². The van der Waals surface area contributed by atoms with Crippen LogP contribution in [0.5, 0.6) is 0 Å². The normalized spacial score (nSPS) is 20.7. The Balaban J connectivity index is 2.00. The molecule has 1 fully saturated rings. The van der Waals surface area contributed by atoms with Crippen molar-refractivity contribution in [2.45, 2.75) is 25.3 Å². The van der Waals surface area contributed by atoms with Crippen molar-refractivity contribution in [3.63, 3.8) is 0 Å². The Morgan fingerprint density at radius 3 is 3.06 bits per heavy atom. The number of amides is 1. The summed E-state index contributed by atoms with van der Waals surface area (Å²) in [6.07, 6.45) is 8.74. The number of carbonyl (C=O) groups excluding carboxylic acids is 1. The van der Waals surface area contributed by atoms with Gasteiger partial charge in [-0.25, -0.2) is 4.98 Å². The maximum atomic E-state index is 12.3. The van der Waals surface area contributed by atoms with Gasteiger partial charge in [-0.3, -0.25) is 9.59 Å². The molecular weight excluding hydrogens is 232 g/mol. The molecule has 1 aliphatic rings. The van der Waals surface area contributed by atoms with Gasteiger partial charge in [0, 0.05) is 31.4 Å². The third kappa shape index (κ3) is 1.79. The Hall–Kier alpha value is -2.11. The van der Waals surface area contributed by atoms with Crippen LogP contribution in [-0.2, 0) is 4.79 Å². The minimum atomic E-state index is -0.0469. The summed E-state index contributed by atoms with van der Waals surface area (Å²) in [6.45, 7) is 0.625.